The van der Waals surface area contributed by atoms with E-state index in [4.69, 9.17) is 0 Å². The molecule has 2 aromatic heterocycles. The van der Waals surface area contributed by atoms with Gasteiger partial charge in [0.1, 0.15) is 5.69 Å². The van der Waals surface area contributed by atoms with Gasteiger partial charge in [0.15, 0.2) is 0 Å². The molecule has 0 radical (unpaired) electrons. The van der Waals surface area contributed by atoms with Crippen LogP contribution in [0.4, 0.5) is 0 Å². The van der Waals surface area contributed by atoms with Crippen molar-refractivity contribution in [3.05, 3.63) is 34.9 Å². The fourth-order valence-electron chi connectivity index (χ4n) is 2.63. The molecule has 1 amide bonds. The van der Waals surface area contributed by atoms with Gasteiger partial charge in [0.2, 0.25) is 0 Å². The number of aromatic amines is 1. The molecule has 1 aliphatic carbocycles. The Bertz CT molecular complexity index is 668. The zero-order valence-electron chi connectivity index (χ0n) is 13.4. The second-order valence-electron chi connectivity index (χ2n) is 6.41. The highest BCUT2D eigenvalue weighted by atomic mass is 16.1. The zero-order chi connectivity index (χ0) is 15.7. The van der Waals surface area contributed by atoms with Gasteiger partial charge in [0, 0.05) is 30.4 Å². The van der Waals surface area contributed by atoms with Gasteiger partial charge < -0.3 is 5.32 Å². The van der Waals surface area contributed by atoms with Crippen molar-refractivity contribution in [3.63, 3.8) is 0 Å². The summed E-state index contributed by atoms with van der Waals surface area (Å²) in [5, 5.41) is 14.5. The van der Waals surface area contributed by atoms with Crippen LogP contribution in [0, 0.1) is 19.8 Å². The molecule has 1 atom stereocenters. The number of carbonyl (C=O) groups excluding carboxylic acids is 1. The molecular formula is C16H23N5O. The summed E-state index contributed by atoms with van der Waals surface area (Å²) in [5.41, 5.74) is 3.75. The van der Waals surface area contributed by atoms with Gasteiger partial charge in [-0.15, -0.1) is 0 Å². The highest BCUT2D eigenvalue weighted by Gasteiger charge is 2.26. The summed E-state index contributed by atoms with van der Waals surface area (Å²) in [7, 11) is 0. The average molecular weight is 301 g/mol. The van der Waals surface area contributed by atoms with Crippen LogP contribution < -0.4 is 5.32 Å². The molecule has 0 bridgehead atoms. The Hall–Kier alpha value is -2.11. The Labute approximate surface area is 130 Å². The third-order valence-electron chi connectivity index (χ3n) is 4.05. The molecule has 22 heavy (non-hydrogen) atoms. The first-order valence-corrected chi connectivity index (χ1v) is 7.87. The number of rotatable bonds is 6. The maximum Gasteiger partial charge on any atom is 0.271 e. The molecule has 6 nitrogen and oxygen atoms in total. The fraction of sp³-hybridized carbons (Fsp3) is 0.562. The van der Waals surface area contributed by atoms with Crippen LogP contribution in [-0.4, -0.2) is 32.4 Å². The highest BCUT2D eigenvalue weighted by molar-refractivity contribution is 5.92. The first kappa shape index (κ1) is 14.8. The SMILES string of the molecule is Cc1cc(C)n(C[C@@H](C)CNC(=O)c2cc(C3CC3)[nH]n2)n1. The normalized spacial score (nSPS) is 15.8. The molecule has 2 aromatic rings. The van der Waals surface area contributed by atoms with E-state index in [-0.39, 0.29) is 5.91 Å². The Kier molecular flexibility index (Phi) is 4.00. The number of aryl methyl sites for hydroxylation is 2. The first-order chi connectivity index (χ1) is 10.5. The van der Waals surface area contributed by atoms with Crippen molar-refractivity contribution in [1.29, 1.82) is 0 Å². The molecule has 0 spiro atoms. The van der Waals surface area contributed by atoms with Crippen molar-refractivity contribution in [1.82, 2.24) is 25.3 Å². The van der Waals surface area contributed by atoms with Crippen molar-refractivity contribution in [2.24, 2.45) is 5.92 Å². The van der Waals surface area contributed by atoms with Gasteiger partial charge in [0.25, 0.3) is 5.91 Å². The maximum absolute atomic E-state index is 12.1. The molecule has 118 valence electrons. The third kappa shape index (κ3) is 3.37. The van der Waals surface area contributed by atoms with Gasteiger partial charge in [-0.2, -0.15) is 10.2 Å². The van der Waals surface area contributed by atoms with Gasteiger partial charge in [0.05, 0.1) is 5.69 Å². The Morgan fingerprint density at radius 3 is 2.86 bits per heavy atom. The van der Waals surface area contributed by atoms with Crippen LogP contribution in [0.3, 0.4) is 0 Å². The average Bonchev–Trinajstić information content (AvgIpc) is 3.12. The summed E-state index contributed by atoms with van der Waals surface area (Å²) in [4.78, 5) is 12.1. The summed E-state index contributed by atoms with van der Waals surface area (Å²) in [6.45, 7) is 7.56. The summed E-state index contributed by atoms with van der Waals surface area (Å²) in [5.74, 6) is 0.783. The zero-order valence-corrected chi connectivity index (χ0v) is 13.4. The van der Waals surface area contributed by atoms with E-state index in [9.17, 15) is 4.79 Å². The molecule has 6 heteroatoms. The van der Waals surface area contributed by atoms with Crippen LogP contribution >= 0.6 is 0 Å². The van der Waals surface area contributed by atoms with E-state index in [1.165, 1.54) is 12.8 Å². The minimum atomic E-state index is -0.108. The standard InChI is InChI=1S/C16H23N5O/c1-10(9-21-12(3)6-11(2)20-21)8-17-16(22)15-7-14(18-19-15)13-4-5-13/h6-7,10,13H,4-5,8-9H2,1-3H3,(H,17,22)(H,18,19)/t10-/m0/s1. The van der Waals surface area contributed by atoms with Crippen molar-refractivity contribution in [2.75, 3.05) is 6.54 Å². The molecule has 0 saturated heterocycles. The molecule has 2 N–H and O–H groups in total. The van der Waals surface area contributed by atoms with Gasteiger partial charge >= 0.3 is 0 Å². The molecule has 3 rings (SSSR count). The van der Waals surface area contributed by atoms with Gasteiger partial charge in [-0.25, -0.2) is 0 Å². The second-order valence-corrected chi connectivity index (χ2v) is 6.41. The van der Waals surface area contributed by atoms with Crippen molar-refractivity contribution < 1.29 is 4.79 Å². The number of carbonyl (C=O) groups is 1. The number of hydrogen-bond acceptors (Lipinski definition) is 3. The molecule has 0 aromatic carbocycles. The quantitative estimate of drug-likeness (QED) is 0.858. The van der Waals surface area contributed by atoms with Crippen LogP contribution in [0.1, 0.15) is 53.3 Å². The Morgan fingerprint density at radius 2 is 2.23 bits per heavy atom. The van der Waals surface area contributed by atoms with E-state index in [1.807, 2.05) is 17.7 Å². The highest BCUT2D eigenvalue weighted by Crippen LogP contribution is 2.38. The molecule has 0 unspecified atom stereocenters. The van der Waals surface area contributed by atoms with Crippen LogP contribution in [0.25, 0.3) is 0 Å². The van der Waals surface area contributed by atoms with Crippen LogP contribution in [0.2, 0.25) is 0 Å². The first-order valence-electron chi connectivity index (χ1n) is 7.87. The van der Waals surface area contributed by atoms with Gasteiger partial charge in [-0.05, 0) is 44.7 Å². The molecule has 1 saturated carbocycles. The predicted octanol–water partition coefficient (Wildman–Crippen LogP) is 2.17. The minimum Gasteiger partial charge on any atom is -0.350 e. The van der Waals surface area contributed by atoms with Gasteiger partial charge in [-0.3, -0.25) is 14.6 Å². The summed E-state index contributed by atoms with van der Waals surface area (Å²) in [6.07, 6.45) is 2.39. The van der Waals surface area contributed by atoms with Crippen LogP contribution in [-0.2, 0) is 6.54 Å². The van der Waals surface area contributed by atoms with E-state index < -0.39 is 0 Å². The summed E-state index contributed by atoms with van der Waals surface area (Å²) in [6, 6.07) is 3.94. The topological polar surface area (TPSA) is 75.6 Å². The van der Waals surface area contributed by atoms with Crippen molar-refractivity contribution in [3.8, 4) is 0 Å². The summed E-state index contributed by atoms with van der Waals surface area (Å²) >= 11 is 0. The van der Waals surface area contributed by atoms with Gasteiger partial charge in [-0.1, -0.05) is 6.92 Å². The fourth-order valence-corrected chi connectivity index (χ4v) is 2.63. The molecule has 0 aliphatic heterocycles. The number of nitrogens with one attached hydrogen (secondary N) is 2. The number of aromatic nitrogens is 4. The molecule has 1 fully saturated rings. The lowest BCUT2D eigenvalue weighted by atomic mass is 10.1. The minimum absolute atomic E-state index is 0.108. The lowest BCUT2D eigenvalue weighted by Crippen LogP contribution is -2.30. The van der Waals surface area contributed by atoms with E-state index >= 15 is 0 Å². The van der Waals surface area contributed by atoms with E-state index in [2.05, 4.69) is 40.5 Å². The Morgan fingerprint density at radius 1 is 1.45 bits per heavy atom. The number of nitrogens with zero attached hydrogens (tertiary/aromatic N) is 3. The van der Waals surface area contributed by atoms with E-state index in [0.29, 0.717) is 24.1 Å². The van der Waals surface area contributed by atoms with Crippen LogP contribution in [0.5, 0.6) is 0 Å². The third-order valence-corrected chi connectivity index (χ3v) is 4.05. The van der Waals surface area contributed by atoms with Crippen molar-refractivity contribution in [2.45, 2.75) is 46.1 Å². The molecule has 1 aliphatic rings. The smallest absolute Gasteiger partial charge is 0.271 e. The number of H-pyrrole nitrogens is 1. The van der Waals surface area contributed by atoms with E-state index in [0.717, 1.165) is 23.6 Å². The maximum atomic E-state index is 12.1. The lowest BCUT2D eigenvalue weighted by molar-refractivity contribution is 0.0941. The molecular weight excluding hydrogens is 278 g/mol. The monoisotopic (exact) mass is 301 g/mol. The largest absolute Gasteiger partial charge is 0.350 e. The molecule has 2 heterocycles. The number of hydrogen-bond donors (Lipinski definition) is 2. The van der Waals surface area contributed by atoms with E-state index in [1.54, 1.807) is 0 Å². The Balaban J connectivity index is 1.50. The lowest BCUT2D eigenvalue weighted by Gasteiger charge is -2.13. The predicted molar refractivity (Wildman–Crippen MR) is 83.8 cm³/mol. The second kappa shape index (κ2) is 5.94. The number of amides is 1. The summed E-state index contributed by atoms with van der Waals surface area (Å²) < 4.78 is 1.99. The van der Waals surface area contributed by atoms with Crippen LogP contribution in [0.15, 0.2) is 12.1 Å². The van der Waals surface area contributed by atoms with Crippen molar-refractivity contribution >= 4 is 5.91 Å².